The maximum absolute atomic E-state index is 6.73. The Labute approximate surface area is 134 Å². The highest BCUT2D eigenvalue weighted by atomic mass is 35.5. The maximum atomic E-state index is 6.73. The molecule has 1 atom stereocenters. The molecule has 1 unspecified atom stereocenters. The summed E-state index contributed by atoms with van der Waals surface area (Å²) in [6.45, 7) is 0. The highest BCUT2D eigenvalue weighted by Gasteiger charge is 2.18. The molecule has 21 heavy (non-hydrogen) atoms. The molecule has 0 aromatic heterocycles. The van der Waals surface area contributed by atoms with Gasteiger partial charge in [-0.15, -0.1) is 11.6 Å². The molecule has 3 rings (SSSR count). The number of ether oxygens (including phenoxy) is 1. The van der Waals surface area contributed by atoms with Crippen molar-refractivity contribution in [2.45, 2.75) is 5.38 Å². The van der Waals surface area contributed by atoms with Crippen LogP contribution in [0.4, 0.5) is 0 Å². The van der Waals surface area contributed by atoms with E-state index < -0.39 is 0 Å². The van der Waals surface area contributed by atoms with E-state index >= 15 is 0 Å². The molecule has 0 fully saturated rings. The van der Waals surface area contributed by atoms with E-state index in [4.69, 9.17) is 27.9 Å². The second-order valence-corrected chi connectivity index (χ2v) is 5.69. The third kappa shape index (κ3) is 2.72. The SMILES string of the molecule is COc1ccc(Cl)cc1C(Cl)c1cccc2ccccc12. The Morgan fingerprint density at radius 2 is 1.67 bits per heavy atom. The zero-order valence-corrected chi connectivity index (χ0v) is 13.0. The first-order valence-corrected chi connectivity index (χ1v) is 7.47. The van der Waals surface area contributed by atoms with Crippen LogP contribution in [0.5, 0.6) is 5.75 Å². The number of hydrogen-bond acceptors (Lipinski definition) is 1. The quantitative estimate of drug-likeness (QED) is 0.552. The fourth-order valence-electron chi connectivity index (χ4n) is 2.54. The summed E-state index contributed by atoms with van der Waals surface area (Å²) in [5, 5.41) is 2.64. The molecule has 0 amide bonds. The number of hydrogen-bond donors (Lipinski definition) is 0. The molecule has 0 aliphatic carbocycles. The number of fused-ring (bicyclic) bond motifs is 1. The Bertz CT molecular complexity index is 778. The van der Waals surface area contributed by atoms with Crippen molar-refractivity contribution in [1.29, 1.82) is 0 Å². The molecule has 0 heterocycles. The van der Waals surface area contributed by atoms with Gasteiger partial charge in [0, 0.05) is 10.6 Å². The third-order valence-electron chi connectivity index (χ3n) is 3.56. The topological polar surface area (TPSA) is 9.23 Å². The van der Waals surface area contributed by atoms with Crippen molar-refractivity contribution in [1.82, 2.24) is 0 Å². The normalized spacial score (nSPS) is 12.3. The molecule has 3 aromatic rings. The average Bonchev–Trinajstić information content (AvgIpc) is 2.53. The van der Waals surface area contributed by atoms with Crippen LogP contribution in [0.3, 0.4) is 0 Å². The van der Waals surface area contributed by atoms with Crippen LogP contribution < -0.4 is 4.74 Å². The predicted molar refractivity (Wildman–Crippen MR) is 89.6 cm³/mol. The molecule has 0 N–H and O–H groups in total. The largest absolute Gasteiger partial charge is 0.496 e. The van der Waals surface area contributed by atoms with Crippen molar-refractivity contribution < 1.29 is 4.74 Å². The van der Waals surface area contributed by atoms with Gasteiger partial charge in [-0.25, -0.2) is 0 Å². The smallest absolute Gasteiger partial charge is 0.123 e. The lowest BCUT2D eigenvalue weighted by Crippen LogP contribution is -1.98. The van der Waals surface area contributed by atoms with Gasteiger partial charge in [0.15, 0.2) is 0 Å². The van der Waals surface area contributed by atoms with E-state index in [1.807, 2.05) is 36.4 Å². The van der Waals surface area contributed by atoms with Crippen molar-refractivity contribution in [3.8, 4) is 5.75 Å². The minimum Gasteiger partial charge on any atom is -0.496 e. The van der Waals surface area contributed by atoms with Crippen LogP contribution in [-0.2, 0) is 0 Å². The lowest BCUT2D eigenvalue weighted by molar-refractivity contribution is 0.410. The van der Waals surface area contributed by atoms with Gasteiger partial charge in [0.25, 0.3) is 0 Å². The molecule has 0 spiro atoms. The lowest BCUT2D eigenvalue weighted by Gasteiger charge is -2.16. The zero-order chi connectivity index (χ0) is 14.8. The lowest BCUT2D eigenvalue weighted by atomic mass is 9.97. The molecule has 0 saturated heterocycles. The second kappa shape index (κ2) is 5.97. The summed E-state index contributed by atoms with van der Waals surface area (Å²) >= 11 is 12.8. The Morgan fingerprint density at radius 1 is 0.905 bits per heavy atom. The fourth-order valence-corrected chi connectivity index (χ4v) is 3.08. The molecule has 0 bridgehead atoms. The Balaban J connectivity index is 2.17. The zero-order valence-electron chi connectivity index (χ0n) is 11.5. The van der Waals surface area contributed by atoms with Crippen molar-refractivity contribution in [2.24, 2.45) is 0 Å². The van der Waals surface area contributed by atoms with Crippen LogP contribution in [0.2, 0.25) is 5.02 Å². The predicted octanol–water partition coefficient (Wildman–Crippen LogP) is 5.83. The molecule has 0 saturated carbocycles. The van der Waals surface area contributed by atoms with E-state index in [0.717, 1.165) is 22.3 Å². The average molecular weight is 317 g/mol. The molecular formula is C18H14Cl2O. The van der Waals surface area contributed by atoms with E-state index in [-0.39, 0.29) is 5.38 Å². The van der Waals surface area contributed by atoms with Gasteiger partial charge in [-0.2, -0.15) is 0 Å². The Hall–Kier alpha value is -1.70. The minimum absolute atomic E-state index is 0.315. The van der Waals surface area contributed by atoms with Crippen molar-refractivity contribution in [2.75, 3.05) is 7.11 Å². The van der Waals surface area contributed by atoms with Crippen LogP contribution in [0.15, 0.2) is 60.7 Å². The van der Waals surface area contributed by atoms with Crippen molar-refractivity contribution in [3.63, 3.8) is 0 Å². The maximum Gasteiger partial charge on any atom is 0.123 e. The molecule has 0 aliphatic heterocycles. The first kappa shape index (κ1) is 14.2. The number of rotatable bonds is 3. The van der Waals surface area contributed by atoms with E-state index in [2.05, 4.69) is 18.2 Å². The molecule has 3 aromatic carbocycles. The number of methoxy groups -OCH3 is 1. The van der Waals surface area contributed by atoms with Crippen LogP contribution in [0.25, 0.3) is 10.8 Å². The van der Waals surface area contributed by atoms with Gasteiger partial charge in [-0.3, -0.25) is 0 Å². The van der Waals surface area contributed by atoms with Gasteiger partial charge in [-0.05, 0) is 34.5 Å². The van der Waals surface area contributed by atoms with E-state index in [0.29, 0.717) is 5.02 Å². The fraction of sp³-hybridized carbons (Fsp3) is 0.111. The van der Waals surface area contributed by atoms with Gasteiger partial charge in [0.05, 0.1) is 12.5 Å². The second-order valence-electron chi connectivity index (χ2n) is 4.82. The summed E-state index contributed by atoms with van der Waals surface area (Å²) in [4.78, 5) is 0. The van der Waals surface area contributed by atoms with Crippen molar-refractivity contribution in [3.05, 3.63) is 76.8 Å². The van der Waals surface area contributed by atoms with Gasteiger partial charge in [0.1, 0.15) is 5.75 Å². The molecule has 106 valence electrons. The highest BCUT2D eigenvalue weighted by Crippen LogP contribution is 2.39. The van der Waals surface area contributed by atoms with Gasteiger partial charge >= 0.3 is 0 Å². The standard InChI is InChI=1S/C18H14Cl2O/c1-21-17-10-9-13(19)11-16(17)18(20)15-8-4-6-12-5-2-3-7-14(12)15/h2-11,18H,1H3. The van der Waals surface area contributed by atoms with Gasteiger partial charge in [0.2, 0.25) is 0 Å². The highest BCUT2D eigenvalue weighted by molar-refractivity contribution is 6.31. The monoisotopic (exact) mass is 316 g/mol. The van der Waals surface area contributed by atoms with E-state index in [1.54, 1.807) is 13.2 Å². The third-order valence-corrected chi connectivity index (χ3v) is 4.27. The van der Waals surface area contributed by atoms with Gasteiger partial charge < -0.3 is 4.74 Å². The number of halogens is 2. The Morgan fingerprint density at radius 3 is 2.48 bits per heavy atom. The summed E-state index contributed by atoms with van der Waals surface area (Å²) in [6, 6.07) is 19.9. The first-order valence-electron chi connectivity index (χ1n) is 6.66. The molecule has 0 radical (unpaired) electrons. The summed E-state index contributed by atoms with van der Waals surface area (Å²) in [6.07, 6.45) is 0. The molecule has 3 heteroatoms. The molecular weight excluding hydrogens is 303 g/mol. The van der Waals surface area contributed by atoms with Gasteiger partial charge in [-0.1, -0.05) is 54.1 Å². The van der Waals surface area contributed by atoms with Crippen LogP contribution in [0.1, 0.15) is 16.5 Å². The molecule has 0 aliphatic rings. The molecule has 1 nitrogen and oxygen atoms in total. The summed E-state index contributed by atoms with van der Waals surface area (Å²) in [7, 11) is 1.64. The summed E-state index contributed by atoms with van der Waals surface area (Å²) < 4.78 is 5.41. The summed E-state index contributed by atoms with van der Waals surface area (Å²) in [5.74, 6) is 0.743. The van der Waals surface area contributed by atoms with E-state index in [9.17, 15) is 0 Å². The van der Waals surface area contributed by atoms with E-state index in [1.165, 1.54) is 5.39 Å². The van der Waals surface area contributed by atoms with Crippen LogP contribution in [-0.4, -0.2) is 7.11 Å². The van der Waals surface area contributed by atoms with Crippen molar-refractivity contribution >= 4 is 34.0 Å². The first-order chi connectivity index (χ1) is 10.2. The Kier molecular flexibility index (Phi) is 4.05. The van der Waals surface area contributed by atoms with Crippen LogP contribution >= 0.6 is 23.2 Å². The van der Waals surface area contributed by atoms with Crippen LogP contribution in [0, 0.1) is 0 Å². The minimum atomic E-state index is -0.315. The summed E-state index contributed by atoms with van der Waals surface area (Å²) in [5.41, 5.74) is 1.93. The number of benzene rings is 3. The number of alkyl halides is 1.